The molecule has 0 bridgehead atoms. The van der Waals surface area contributed by atoms with Crippen molar-refractivity contribution in [2.45, 2.75) is 50.6 Å². The highest BCUT2D eigenvalue weighted by Crippen LogP contribution is 2.22. The van der Waals surface area contributed by atoms with Crippen LogP contribution in [0.3, 0.4) is 0 Å². The van der Waals surface area contributed by atoms with Gasteiger partial charge in [0.1, 0.15) is 5.69 Å². The summed E-state index contributed by atoms with van der Waals surface area (Å²) in [5.74, 6) is 0.255. The van der Waals surface area contributed by atoms with Crippen molar-refractivity contribution in [2.24, 2.45) is 5.92 Å². The van der Waals surface area contributed by atoms with Crippen molar-refractivity contribution in [1.29, 1.82) is 0 Å². The molecule has 1 aliphatic heterocycles. The van der Waals surface area contributed by atoms with Crippen LogP contribution < -0.4 is 10.6 Å². The van der Waals surface area contributed by atoms with Crippen LogP contribution in [0.5, 0.6) is 0 Å². The smallest absolute Gasteiger partial charge is 0.268 e. The molecule has 2 atom stereocenters. The Morgan fingerprint density at radius 2 is 1.75 bits per heavy atom. The van der Waals surface area contributed by atoms with Gasteiger partial charge in [-0.25, -0.2) is 0 Å². The Morgan fingerprint density at radius 3 is 2.47 bits per heavy atom. The number of nitrogens with zero attached hydrogens (tertiary/aromatic N) is 1. The van der Waals surface area contributed by atoms with Gasteiger partial charge in [0.25, 0.3) is 5.91 Å². The predicted molar refractivity (Wildman–Crippen MR) is 132 cm³/mol. The molecule has 1 aromatic heterocycles. The summed E-state index contributed by atoms with van der Waals surface area (Å²) in [6.07, 6.45) is 9.77. The van der Waals surface area contributed by atoms with Crippen molar-refractivity contribution in [3.8, 4) is 0 Å². The molecular weight excluding hydrogens is 447 g/mol. The average Bonchev–Trinajstić information content (AvgIpc) is 3.18. The van der Waals surface area contributed by atoms with Gasteiger partial charge in [0, 0.05) is 28.0 Å². The number of amides is 2. The molecule has 174 valence electrons. The molecule has 2 amide bonds. The quantitative estimate of drug-likeness (QED) is 0.560. The van der Waals surface area contributed by atoms with Gasteiger partial charge in [-0.1, -0.05) is 30.5 Å². The number of H-pyrrole nitrogens is 1. The molecule has 1 aliphatic carbocycles. The van der Waals surface area contributed by atoms with Crippen LogP contribution in [0, 0.1) is 5.92 Å². The van der Waals surface area contributed by atoms with E-state index in [9.17, 15) is 9.59 Å². The third-order valence-corrected chi connectivity index (χ3v) is 6.76. The molecule has 0 spiro atoms. The molecule has 2 fully saturated rings. The first-order valence-electron chi connectivity index (χ1n) is 11.2. The lowest BCUT2D eigenvalue weighted by Crippen LogP contribution is -2.53. The third-order valence-electron chi connectivity index (χ3n) is 6.52. The van der Waals surface area contributed by atoms with E-state index in [-0.39, 0.29) is 36.3 Å². The van der Waals surface area contributed by atoms with Crippen LogP contribution in [0.2, 0.25) is 5.02 Å². The topological polar surface area (TPSA) is 77.2 Å². The summed E-state index contributed by atoms with van der Waals surface area (Å²) in [7, 11) is 2.13. The molecule has 1 aromatic carbocycles. The molecule has 2 aromatic rings. The second-order valence-corrected chi connectivity index (χ2v) is 9.33. The minimum absolute atomic E-state index is 0. The molecule has 1 saturated heterocycles. The van der Waals surface area contributed by atoms with Gasteiger partial charge in [0.15, 0.2) is 0 Å². The summed E-state index contributed by atoms with van der Waals surface area (Å²) in [5.41, 5.74) is 1.39. The van der Waals surface area contributed by atoms with Crippen LogP contribution in [0.1, 0.15) is 49.0 Å². The summed E-state index contributed by atoms with van der Waals surface area (Å²) >= 11 is 6.05. The van der Waals surface area contributed by atoms with Gasteiger partial charge in [-0.15, -0.1) is 12.4 Å². The highest BCUT2D eigenvalue weighted by Gasteiger charge is 2.28. The summed E-state index contributed by atoms with van der Waals surface area (Å²) in [6.45, 7) is 2.15. The maximum atomic E-state index is 12.9. The number of fused-ring (bicyclic) bond motifs is 1. The second-order valence-electron chi connectivity index (χ2n) is 8.89. The molecule has 0 radical (unpaired) electrons. The van der Waals surface area contributed by atoms with Crippen LogP contribution in [0.4, 0.5) is 0 Å². The fourth-order valence-corrected chi connectivity index (χ4v) is 4.80. The van der Waals surface area contributed by atoms with Crippen molar-refractivity contribution >= 4 is 46.7 Å². The maximum absolute atomic E-state index is 12.9. The normalized spacial score (nSPS) is 22.6. The Labute approximate surface area is 200 Å². The van der Waals surface area contributed by atoms with Gasteiger partial charge in [-0.2, -0.15) is 0 Å². The highest BCUT2D eigenvalue weighted by atomic mass is 35.5. The number of nitrogens with one attached hydrogen (secondary N) is 3. The zero-order valence-corrected chi connectivity index (χ0v) is 20.0. The zero-order valence-electron chi connectivity index (χ0n) is 18.4. The Morgan fingerprint density at radius 1 is 1.06 bits per heavy atom. The lowest BCUT2D eigenvalue weighted by molar-refractivity contribution is -0.117. The molecule has 8 heteroatoms. The van der Waals surface area contributed by atoms with Gasteiger partial charge in [0.2, 0.25) is 5.91 Å². The van der Waals surface area contributed by atoms with Crippen LogP contribution in [0.15, 0.2) is 36.4 Å². The van der Waals surface area contributed by atoms with Crippen molar-refractivity contribution < 1.29 is 9.59 Å². The van der Waals surface area contributed by atoms with E-state index in [1.54, 1.807) is 12.1 Å². The van der Waals surface area contributed by atoms with Crippen molar-refractivity contribution in [3.05, 3.63) is 47.1 Å². The largest absolute Gasteiger partial charge is 0.351 e. The monoisotopic (exact) mass is 478 g/mol. The van der Waals surface area contributed by atoms with E-state index in [1.807, 2.05) is 24.3 Å². The zero-order chi connectivity index (χ0) is 21.8. The second kappa shape index (κ2) is 11.2. The number of allylic oxidation sites excluding steroid dienone is 1. The number of halogens is 2. The van der Waals surface area contributed by atoms with Gasteiger partial charge in [0.05, 0.1) is 0 Å². The summed E-state index contributed by atoms with van der Waals surface area (Å²) in [5, 5.41) is 7.81. The number of aromatic amines is 1. The average molecular weight is 479 g/mol. The summed E-state index contributed by atoms with van der Waals surface area (Å²) in [6, 6.07) is 7.20. The van der Waals surface area contributed by atoms with E-state index in [0.29, 0.717) is 16.6 Å². The number of carbonyl (C=O) groups excluding carboxylic acids is 2. The molecule has 2 aliphatic rings. The fraction of sp³-hybridized carbons (Fsp3) is 0.500. The molecule has 32 heavy (non-hydrogen) atoms. The Hall–Kier alpha value is -2.02. The van der Waals surface area contributed by atoms with Crippen molar-refractivity contribution in [3.63, 3.8) is 0 Å². The number of rotatable bonds is 5. The standard InChI is InChI=1S/C24H31ClN4O2.ClH/c1-29-12-10-16(11-13-29)6-9-23(30)27-20-4-2-3-5-21(20)28-24(31)22-15-17-14-18(25)7-8-19(17)26-22;/h6-9,14-16,20-21,26H,2-5,10-13H2,1H3,(H,27,30)(H,28,31);1H/b9-6+;/t20-,21+;/m0./s1. The molecule has 4 rings (SSSR count). The Bertz CT molecular complexity index is 966. The van der Waals surface area contributed by atoms with E-state index in [0.717, 1.165) is 62.5 Å². The van der Waals surface area contributed by atoms with Crippen LogP contribution in [-0.4, -0.2) is 53.9 Å². The SMILES string of the molecule is CN1CCC(/C=C/C(=O)N[C@H]2CCCC[C@H]2NC(=O)c2cc3cc(Cl)ccc3[nH]2)CC1.Cl. The summed E-state index contributed by atoms with van der Waals surface area (Å²) < 4.78 is 0. The molecule has 1 saturated carbocycles. The Kier molecular flexibility index (Phi) is 8.63. The molecule has 6 nitrogen and oxygen atoms in total. The van der Waals surface area contributed by atoms with Gasteiger partial charge >= 0.3 is 0 Å². The highest BCUT2D eigenvalue weighted by molar-refractivity contribution is 6.31. The molecular formula is C24H32Cl2N4O2. The van der Waals surface area contributed by atoms with Gasteiger partial charge in [-0.3, -0.25) is 9.59 Å². The lowest BCUT2D eigenvalue weighted by atomic mass is 9.90. The number of aromatic nitrogens is 1. The van der Waals surface area contributed by atoms with E-state index in [2.05, 4.69) is 27.6 Å². The van der Waals surface area contributed by atoms with Crippen LogP contribution in [-0.2, 0) is 4.79 Å². The minimum atomic E-state index is -0.152. The number of benzene rings is 1. The van der Waals surface area contributed by atoms with E-state index in [4.69, 9.17) is 11.6 Å². The van der Waals surface area contributed by atoms with E-state index in [1.165, 1.54) is 0 Å². The number of hydrogen-bond donors (Lipinski definition) is 3. The molecule has 0 unspecified atom stereocenters. The third kappa shape index (κ3) is 6.27. The number of carbonyl (C=O) groups is 2. The Balaban J connectivity index is 0.00000289. The number of likely N-dealkylation sites (tertiary alicyclic amines) is 1. The number of hydrogen-bond acceptors (Lipinski definition) is 3. The van der Waals surface area contributed by atoms with E-state index >= 15 is 0 Å². The van der Waals surface area contributed by atoms with Crippen LogP contribution >= 0.6 is 24.0 Å². The molecule has 3 N–H and O–H groups in total. The van der Waals surface area contributed by atoms with Gasteiger partial charge in [-0.05, 0) is 82.1 Å². The first kappa shape index (κ1) is 24.6. The molecule has 2 heterocycles. The van der Waals surface area contributed by atoms with Crippen molar-refractivity contribution in [2.75, 3.05) is 20.1 Å². The lowest BCUT2D eigenvalue weighted by Gasteiger charge is -2.32. The summed E-state index contributed by atoms with van der Waals surface area (Å²) in [4.78, 5) is 30.9. The predicted octanol–water partition coefficient (Wildman–Crippen LogP) is 4.30. The fourth-order valence-electron chi connectivity index (χ4n) is 4.62. The van der Waals surface area contributed by atoms with Crippen molar-refractivity contribution in [1.82, 2.24) is 20.5 Å². The van der Waals surface area contributed by atoms with Crippen LogP contribution in [0.25, 0.3) is 10.9 Å². The first-order chi connectivity index (χ1) is 15.0. The minimum Gasteiger partial charge on any atom is -0.351 e. The first-order valence-corrected chi connectivity index (χ1v) is 11.6. The van der Waals surface area contributed by atoms with Gasteiger partial charge < -0.3 is 20.5 Å². The maximum Gasteiger partial charge on any atom is 0.268 e. The van der Waals surface area contributed by atoms with E-state index < -0.39 is 0 Å². The number of piperidine rings is 1.